The number of ether oxygens (including phenoxy) is 1. The molecule has 2 aliphatic rings. The number of amides is 2. The van der Waals surface area contributed by atoms with Crippen LogP contribution in [-0.2, 0) is 9.53 Å². The normalized spacial score (nSPS) is 26.8. The quantitative estimate of drug-likeness (QED) is 0.811. The maximum Gasteiger partial charge on any atom is 0.317 e. The van der Waals surface area contributed by atoms with Crippen LogP contribution in [0.4, 0.5) is 4.79 Å². The summed E-state index contributed by atoms with van der Waals surface area (Å²) in [5, 5.41) is 11.9. The second-order valence-electron chi connectivity index (χ2n) is 5.96. The summed E-state index contributed by atoms with van der Waals surface area (Å²) in [6.07, 6.45) is 5.83. The lowest BCUT2D eigenvalue weighted by atomic mass is 9.90. The highest BCUT2D eigenvalue weighted by molar-refractivity contribution is 5.76. The van der Waals surface area contributed by atoms with Crippen LogP contribution in [0.2, 0.25) is 0 Å². The number of urea groups is 1. The SMILES string of the molecule is CCCC(CNC(=O)N1CCOC2CCCCC21)C(=O)O. The highest BCUT2D eigenvalue weighted by Crippen LogP contribution is 2.28. The number of nitrogens with zero attached hydrogens (tertiary/aromatic N) is 1. The lowest BCUT2D eigenvalue weighted by Gasteiger charge is -2.43. The summed E-state index contributed by atoms with van der Waals surface area (Å²) in [7, 11) is 0. The average molecular weight is 298 g/mol. The van der Waals surface area contributed by atoms with E-state index in [1.165, 1.54) is 0 Å². The molecule has 1 aliphatic carbocycles. The number of morpholine rings is 1. The van der Waals surface area contributed by atoms with Gasteiger partial charge < -0.3 is 20.1 Å². The first-order valence-electron chi connectivity index (χ1n) is 8.02. The molecule has 0 radical (unpaired) electrons. The van der Waals surface area contributed by atoms with E-state index in [1.54, 1.807) is 0 Å². The minimum atomic E-state index is -0.838. The van der Waals surface area contributed by atoms with Crippen LogP contribution in [0.5, 0.6) is 0 Å². The van der Waals surface area contributed by atoms with Gasteiger partial charge in [0.15, 0.2) is 0 Å². The zero-order chi connectivity index (χ0) is 15.2. The first kappa shape index (κ1) is 16.1. The van der Waals surface area contributed by atoms with Crippen molar-refractivity contribution in [1.82, 2.24) is 10.2 Å². The minimum absolute atomic E-state index is 0.141. The first-order chi connectivity index (χ1) is 10.1. The molecule has 120 valence electrons. The lowest BCUT2D eigenvalue weighted by Crippen LogP contribution is -2.57. The standard InChI is InChI=1S/C15H26N2O4/c1-2-5-11(14(18)19)10-16-15(20)17-8-9-21-13-7-4-3-6-12(13)17/h11-13H,2-10H2,1H3,(H,16,20)(H,18,19). The number of fused-ring (bicyclic) bond motifs is 1. The van der Waals surface area contributed by atoms with Gasteiger partial charge in [-0.25, -0.2) is 4.79 Å². The number of carboxylic acids is 1. The summed E-state index contributed by atoms with van der Waals surface area (Å²) in [6, 6.07) is 0.0134. The van der Waals surface area contributed by atoms with Gasteiger partial charge in [-0.3, -0.25) is 4.79 Å². The summed E-state index contributed by atoms with van der Waals surface area (Å²) < 4.78 is 5.75. The molecule has 0 bridgehead atoms. The van der Waals surface area contributed by atoms with Crippen LogP contribution in [0.1, 0.15) is 45.4 Å². The van der Waals surface area contributed by atoms with Crippen LogP contribution in [0.15, 0.2) is 0 Å². The van der Waals surface area contributed by atoms with E-state index in [2.05, 4.69) is 5.32 Å². The molecule has 2 rings (SSSR count). The largest absolute Gasteiger partial charge is 0.481 e. The van der Waals surface area contributed by atoms with Crippen molar-refractivity contribution in [3.8, 4) is 0 Å². The van der Waals surface area contributed by atoms with E-state index in [9.17, 15) is 9.59 Å². The summed E-state index contributed by atoms with van der Waals surface area (Å²) in [5.74, 6) is -1.34. The number of rotatable bonds is 5. The number of carbonyl (C=O) groups excluding carboxylic acids is 1. The van der Waals surface area contributed by atoms with E-state index in [0.29, 0.717) is 19.6 Å². The number of nitrogens with one attached hydrogen (secondary N) is 1. The molecule has 6 heteroatoms. The number of carbonyl (C=O) groups is 2. The summed E-state index contributed by atoms with van der Waals surface area (Å²) in [4.78, 5) is 25.3. The molecule has 6 nitrogen and oxygen atoms in total. The number of aliphatic carboxylic acids is 1. The van der Waals surface area contributed by atoms with Gasteiger partial charge in [-0.1, -0.05) is 26.2 Å². The van der Waals surface area contributed by atoms with Crippen molar-refractivity contribution >= 4 is 12.0 Å². The fourth-order valence-corrected chi connectivity index (χ4v) is 3.32. The Bertz CT molecular complexity index is 373. The van der Waals surface area contributed by atoms with Crippen LogP contribution < -0.4 is 5.32 Å². The first-order valence-corrected chi connectivity index (χ1v) is 8.02. The maximum atomic E-state index is 12.4. The van der Waals surface area contributed by atoms with Gasteiger partial charge >= 0.3 is 12.0 Å². The second kappa shape index (κ2) is 7.64. The number of hydrogen-bond donors (Lipinski definition) is 2. The summed E-state index contributed by atoms with van der Waals surface area (Å²) in [5.41, 5.74) is 0. The molecule has 0 aromatic carbocycles. The molecule has 2 N–H and O–H groups in total. The molecular formula is C15H26N2O4. The Morgan fingerprint density at radius 1 is 1.38 bits per heavy atom. The molecule has 1 saturated carbocycles. The molecule has 3 unspecified atom stereocenters. The Balaban J connectivity index is 1.88. The molecule has 1 saturated heterocycles. The van der Waals surface area contributed by atoms with Crippen LogP contribution in [-0.4, -0.2) is 53.8 Å². The third-order valence-corrected chi connectivity index (χ3v) is 4.48. The van der Waals surface area contributed by atoms with Crippen molar-refractivity contribution in [2.24, 2.45) is 5.92 Å². The topological polar surface area (TPSA) is 78.9 Å². The zero-order valence-electron chi connectivity index (χ0n) is 12.7. The molecule has 1 heterocycles. The van der Waals surface area contributed by atoms with Crippen molar-refractivity contribution in [1.29, 1.82) is 0 Å². The Labute approximate surface area is 125 Å². The average Bonchev–Trinajstić information content (AvgIpc) is 2.50. The molecule has 21 heavy (non-hydrogen) atoms. The molecule has 2 amide bonds. The lowest BCUT2D eigenvalue weighted by molar-refractivity contribution is -0.141. The third kappa shape index (κ3) is 4.09. The minimum Gasteiger partial charge on any atom is -0.481 e. The van der Waals surface area contributed by atoms with E-state index in [-0.39, 0.29) is 24.7 Å². The summed E-state index contributed by atoms with van der Waals surface area (Å²) >= 11 is 0. The predicted octanol–water partition coefficient (Wildman–Crippen LogP) is 1.84. The van der Waals surface area contributed by atoms with Gasteiger partial charge in [0.1, 0.15) is 0 Å². The van der Waals surface area contributed by atoms with Crippen molar-refractivity contribution in [2.75, 3.05) is 19.7 Å². The molecule has 2 fully saturated rings. The van der Waals surface area contributed by atoms with Crippen LogP contribution in [0.25, 0.3) is 0 Å². The Hall–Kier alpha value is -1.30. The summed E-state index contributed by atoms with van der Waals surface area (Å²) in [6.45, 7) is 3.33. The molecular weight excluding hydrogens is 272 g/mol. The van der Waals surface area contributed by atoms with E-state index < -0.39 is 11.9 Å². The fraction of sp³-hybridized carbons (Fsp3) is 0.867. The Morgan fingerprint density at radius 2 is 2.14 bits per heavy atom. The van der Waals surface area contributed by atoms with Crippen molar-refractivity contribution in [3.63, 3.8) is 0 Å². The second-order valence-corrected chi connectivity index (χ2v) is 5.96. The van der Waals surface area contributed by atoms with Crippen LogP contribution in [0, 0.1) is 5.92 Å². The Kier molecular flexibility index (Phi) is 5.85. The molecule has 0 aromatic rings. The molecule has 0 spiro atoms. The smallest absolute Gasteiger partial charge is 0.317 e. The fourth-order valence-electron chi connectivity index (χ4n) is 3.32. The van der Waals surface area contributed by atoms with Gasteiger partial charge in [-0.05, 0) is 19.3 Å². The van der Waals surface area contributed by atoms with E-state index >= 15 is 0 Å². The molecule has 0 aromatic heterocycles. The number of hydrogen-bond acceptors (Lipinski definition) is 3. The zero-order valence-corrected chi connectivity index (χ0v) is 12.7. The third-order valence-electron chi connectivity index (χ3n) is 4.48. The molecule has 3 atom stereocenters. The maximum absolute atomic E-state index is 12.4. The van der Waals surface area contributed by atoms with Gasteiger partial charge in [0.05, 0.1) is 24.7 Å². The van der Waals surface area contributed by atoms with Crippen LogP contribution in [0.3, 0.4) is 0 Å². The van der Waals surface area contributed by atoms with Crippen molar-refractivity contribution < 1.29 is 19.4 Å². The van der Waals surface area contributed by atoms with Gasteiger partial charge in [0.25, 0.3) is 0 Å². The highest BCUT2D eigenvalue weighted by atomic mass is 16.5. The van der Waals surface area contributed by atoms with E-state index in [0.717, 1.165) is 32.1 Å². The van der Waals surface area contributed by atoms with Gasteiger partial charge in [0, 0.05) is 13.1 Å². The van der Waals surface area contributed by atoms with E-state index in [1.807, 2.05) is 11.8 Å². The number of carboxylic acid groups (broad SMARTS) is 1. The van der Waals surface area contributed by atoms with Crippen LogP contribution >= 0.6 is 0 Å². The monoisotopic (exact) mass is 298 g/mol. The Morgan fingerprint density at radius 3 is 2.86 bits per heavy atom. The van der Waals surface area contributed by atoms with Crippen molar-refractivity contribution in [3.05, 3.63) is 0 Å². The van der Waals surface area contributed by atoms with Gasteiger partial charge in [-0.15, -0.1) is 0 Å². The van der Waals surface area contributed by atoms with Gasteiger partial charge in [-0.2, -0.15) is 0 Å². The molecule has 1 aliphatic heterocycles. The predicted molar refractivity (Wildman–Crippen MR) is 78.1 cm³/mol. The van der Waals surface area contributed by atoms with E-state index in [4.69, 9.17) is 9.84 Å². The van der Waals surface area contributed by atoms with Gasteiger partial charge in [0.2, 0.25) is 0 Å². The van der Waals surface area contributed by atoms with Crippen molar-refractivity contribution in [2.45, 2.75) is 57.6 Å². The highest BCUT2D eigenvalue weighted by Gasteiger charge is 2.36.